The van der Waals surface area contributed by atoms with Crippen LogP contribution in [0.2, 0.25) is 0 Å². The third kappa shape index (κ3) is 4.91. The summed E-state index contributed by atoms with van der Waals surface area (Å²) in [5, 5.41) is 0. The fraction of sp³-hybridized carbons (Fsp3) is 0.412. The highest BCUT2D eigenvalue weighted by Crippen LogP contribution is 2.15. The van der Waals surface area contributed by atoms with Gasteiger partial charge in [-0.05, 0) is 32.9 Å². The summed E-state index contributed by atoms with van der Waals surface area (Å²) in [6.45, 7) is 5.11. The van der Waals surface area contributed by atoms with Crippen molar-refractivity contribution in [2.75, 3.05) is 19.8 Å². The van der Waals surface area contributed by atoms with Crippen molar-refractivity contribution in [3.63, 3.8) is 0 Å². The molecule has 0 N–H and O–H groups in total. The molecule has 1 aromatic carbocycles. The molecule has 0 saturated carbocycles. The monoisotopic (exact) mass is 336 g/mol. The van der Waals surface area contributed by atoms with E-state index >= 15 is 0 Å². The maximum absolute atomic E-state index is 12.5. The van der Waals surface area contributed by atoms with E-state index in [0.717, 1.165) is 0 Å². The van der Waals surface area contributed by atoms with E-state index in [9.17, 15) is 19.2 Å². The molecular formula is C17H20O7. The molecule has 0 heterocycles. The second-order valence-corrected chi connectivity index (χ2v) is 4.60. The summed E-state index contributed by atoms with van der Waals surface area (Å²) in [6, 6.07) is 5.47. The summed E-state index contributed by atoms with van der Waals surface area (Å²) >= 11 is 0. The smallest absolute Gasteiger partial charge is 0.338 e. The zero-order valence-electron chi connectivity index (χ0n) is 13.9. The van der Waals surface area contributed by atoms with Crippen LogP contribution in [0.1, 0.15) is 41.5 Å². The Hall–Kier alpha value is -2.70. The highest BCUT2D eigenvalue weighted by molar-refractivity contribution is 6.20. The molecule has 0 amide bonds. The summed E-state index contributed by atoms with van der Waals surface area (Å²) in [6.07, 6.45) is 0. The number of Topliss-reactive ketones (excluding diaryl/α,β-unsaturated/α-hetero) is 1. The molecule has 0 radical (unpaired) electrons. The van der Waals surface area contributed by atoms with Gasteiger partial charge in [0.1, 0.15) is 0 Å². The molecule has 24 heavy (non-hydrogen) atoms. The van der Waals surface area contributed by atoms with E-state index in [0.29, 0.717) is 0 Å². The molecule has 0 aromatic heterocycles. The third-order valence-electron chi connectivity index (χ3n) is 2.99. The largest absolute Gasteiger partial charge is 0.465 e. The number of esters is 3. The highest BCUT2D eigenvalue weighted by Gasteiger charge is 2.37. The van der Waals surface area contributed by atoms with Crippen LogP contribution in [-0.4, -0.2) is 43.5 Å². The Balaban J connectivity index is 3.03. The number of hydrogen-bond acceptors (Lipinski definition) is 7. The van der Waals surface area contributed by atoms with Crippen molar-refractivity contribution >= 4 is 23.7 Å². The number of benzene rings is 1. The Labute approximate surface area is 139 Å². The zero-order valence-corrected chi connectivity index (χ0v) is 13.9. The predicted octanol–water partition coefficient (Wildman–Crippen LogP) is 1.79. The molecule has 0 aliphatic heterocycles. The van der Waals surface area contributed by atoms with Gasteiger partial charge in [0.2, 0.25) is 5.92 Å². The molecule has 7 nitrogen and oxygen atoms in total. The number of ketones is 1. The first-order chi connectivity index (χ1) is 11.5. The second kappa shape index (κ2) is 9.44. The molecule has 1 aromatic rings. The highest BCUT2D eigenvalue weighted by atomic mass is 16.6. The number of rotatable bonds is 8. The van der Waals surface area contributed by atoms with E-state index in [2.05, 4.69) is 0 Å². The van der Waals surface area contributed by atoms with Gasteiger partial charge in [0.25, 0.3) is 0 Å². The van der Waals surface area contributed by atoms with Gasteiger partial charge in [-0.25, -0.2) is 4.79 Å². The van der Waals surface area contributed by atoms with Crippen LogP contribution in [0.15, 0.2) is 24.3 Å². The van der Waals surface area contributed by atoms with Crippen LogP contribution in [0.3, 0.4) is 0 Å². The average molecular weight is 336 g/mol. The second-order valence-electron chi connectivity index (χ2n) is 4.60. The van der Waals surface area contributed by atoms with E-state index in [1.807, 2.05) is 0 Å². The van der Waals surface area contributed by atoms with Gasteiger partial charge in [0.05, 0.1) is 25.4 Å². The van der Waals surface area contributed by atoms with E-state index < -0.39 is 29.6 Å². The van der Waals surface area contributed by atoms with E-state index in [4.69, 9.17) is 14.2 Å². The van der Waals surface area contributed by atoms with Crippen LogP contribution in [0.25, 0.3) is 0 Å². The number of hydrogen-bond donors (Lipinski definition) is 0. The predicted molar refractivity (Wildman–Crippen MR) is 83.5 cm³/mol. The first-order valence-corrected chi connectivity index (χ1v) is 7.60. The lowest BCUT2D eigenvalue weighted by Crippen LogP contribution is -2.35. The van der Waals surface area contributed by atoms with Crippen molar-refractivity contribution < 1.29 is 33.4 Å². The van der Waals surface area contributed by atoms with Crippen LogP contribution in [0, 0.1) is 5.92 Å². The van der Waals surface area contributed by atoms with Crippen molar-refractivity contribution in [2.24, 2.45) is 5.92 Å². The summed E-state index contributed by atoms with van der Waals surface area (Å²) < 4.78 is 14.4. The Kier molecular flexibility index (Phi) is 7.61. The van der Waals surface area contributed by atoms with Crippen LogP contribution in [0.5, 0.6) is 0 Å². The molecule has 0 aliphatic carbocycles. The van der Waals surface area contributed by atoms with Crippen LogP contribution in [-0.2, 0) is 23.8 Å². The van der Waals surface area contributed by atoms with Crippen LogP contribution in [0.4, 0.5) is 0 Å². The van der Waals surface area contributed by atoms with Gasteiger partial charge in [-0.2, -0.15) is 0 Å². The van der Waals surface area contributed by atoms with Gasteiger partial charge in [-0.1, -0.05) is 12.1 Å². The van der Waals surface area contributed by atoms with Crippen LogP contribution < -0.4 is 0 Å². The Morgan fingerprint density at radius 1 is 0.750 bits per heavy atom. The van der Waals surface area contributed by atoms with Gasteiger partial charge in [-0.15, -0.1) is 0 Å². The minimum absolute atomic E-state index is 0.0316. The fourth-order valence-electron chi connectivity index (χ4n) is 1.91. The molecule has 0 saturated heterocycles. The Bertz CT molecular complexity index is 586. The van der Waals surface area contributed by atoms with Gasteiger partial charge >= 0.3 is 17.9 Å². The molecule has 7 heteroatoms. The SMILES string of the molecule is CCOC(=O)c1ccc(C(=O)C(C(=O)OCC)C(=O)OCC)cc1. The average Bonchev–Trinajstić information content (AvgIpc) is 2.56. The molecule has 0 aliphatic rings. The lowest BCUT2D eigenvalue weighted by atomic mass is 9.97. The topological polar surface area (TPSA) is 96.0 Å². The molecule has 0 spiro atoms. The van der Waals surface area contributed by atoms with Crippen molar-refractivity contribution in [1.29, 1.82) is 0 Å². The first-order valence-electron chi connectivity index (χ1n) is 7.60. The lowest BCUT2D eigenvalue weighted by molar-refractivity contribution is -0.158. The summed E-state index contributed by atoms with van der Waals surface area (Å²) in [5.41, 5.74) is 0.353. The van der Waals surface area contributed by atoms with E-state index in [1.165, 1.54) is 24.3 Å². The van der Waals surface area contributed by atoms with Crippen molar-refractivity contribution in [2.45, 2.75) is 20.8 Å². The molecule has 0 bridgehead atoms. The minimum atomic E-state index is -1.68. The zero-order chi connectivity index (χ0) is 18.1. The van der Waals surface area contributed by atoms with Gasteiger partial charge in [0, 0.05) is 5.56 Å². The standard InChI is InChI=1S/C17H20O7/c1-4-22-15(19)12-9-7-11(8-10-12)14(18)13(16(20)23-5-2)17(21)24-6-3/h7-10,13H,4-6H2,1-3H3. The number of carbonyl (C=O) groups excluding carboxylic acids is 4. The Morgan fingerprint density at radius 2 is 1.17 bits per heavy atom. The van der Waals surface area contributed by atoms with Crippen molar-refractivity contribution in [1.82, 2.24) is 0 Å². The molecule has 0 atom stereocenters. The van der Waals surface area contributed by atoms with Gasteiger partial charge < -0.3 is 14.2 Å². The lowest BCUT2D eigenvalue weighted by Gasteiger charge is -2.13. The van der Waals surface area contributed by atoms with E-state index in [-0.39, 0.29) is 30.9 Å². The van der Waals surface area contributed by atoms with Crippen molar-refractivity contribution in [3.05, 3.63) is 35.4 Å². The quantitative estimate of drug-likeness (QED) is 0.309. The normalized spacial score (nSPS) is 10.2. The van der Waals surface area contributed by atoms with Crippen LogP contribution >= 0.6 is 0 Å². The molecule has 0 fully saturated rings. The summed E-state index contributed by atoms with van der Waals surface area (Å²) in [5.74, 6) is -4.88. The van der Waals surface area contributed by atoms with Gasteiger partial charge in [0.15, 0.2) is 5.78 Å². The number of carbonyl (C=O) groups is 4. The summed E-state index contributed by atoms with van der Waals surface area (Å²) in [4.78, 5) is 47.9. The molecular weight excluding hydrogens is 316 g/mol. The third-order valence-corrected chi connectivity index (χ3v) is 2.99. The first kappa shape index (κ1) is 19.3. The fourth-order valence-corrected chi connectivity index (χ4v) is 1.91. The summed E-state index contributed by atoms with van der Waals surface area (Å²) in [7, 11) is 0. The molecule has 1 rings (SSSR count). The molecule has 130 valence electrons. The van der Waals surface area contributed by atoms with Gasteiger partial charge in [-0.3, -0.25) is 14.4 Å². The maximum atomic E-state index is 12.5. The number of ether oxygens (including phenoxy) is 3. The van der Waals surface area contributed by atoms with E-state index in [1.54, 1.807) is 20.8 Å². The molecule has 0 unspecified atom stereocenters. The minimum Gasteiger partial charge on any atom is -0.465 e. The Morgan fingerprint density at radius 3 is 1.58 bits per heavy atom. The van der Waals surface area contributed by atoms with Crippen molar-refractivity contribution in [3.8, 4) is 0 Å². The maximum Gasteiger partial charge on any atom is 0.338 e.